The van der Waals surface area contributed by atoms with Crippen molar-refractivity contribution in [2.75, 3.05) is 18.1 Å². The van der Waals surface area contributed by atoms with E-state index in [1.807, 2.05) is 19.2 Å². The number of aromatic nitrogens is 4. The van der Waals surface area contributed by atoms with Gasteiger partial charge in [0.2, 0.25) is 0 Å². The highest BCUT2D eigenvalue weighted by Gasteiger charge is 2.06. The maximum Gasteiger partial charge on any atom is 0.190 e. The maximum absolute atomic E-state index is 4.44. The summed E-state index contributed by atoms with van der Waals surface area (Å²) in [6, 6.07) is 1.92. The Morgan fingerprint density at radius 1 is 1.22 bits per heavy atom. The Labute approximate surface area is 114 Å². The molecule has 2 aromatic rings. The van der Waals surface area contributed by atoms with Crippen LogP contribution in [0.25, 0.3) is 0 Å². The average Bonchev–Trinajstić information content (AvgIpc) is 2.40. The van der Waals surface area contributed by atoms with Gasteiger partial charge in [-0.15, -0.1) is 0 Å². The summed E-state index contributed by atoms with van der Waals surface area (Å²) in [5.74, 6) is 0.836. The molecule has 1 N–H and O–H groups in total. The molecule has 7 heteroatoms. The van der Waals surface area contributed by atoms with Gasteiger partial charge < -0.3 is 5.32 Å². The summed E-state index contributed by atoms with van der Waals surface area (Å²) < 4.78 is 0. The Morgan fingerprint density at radius 3 is 2.78 bits per heavy atom. The highest BCUT2D eigenvalue weighted by Crippen LogP contribution is 2.26. The van der Waals surface area contributed by atoms with Crippen LogP contribution < -0.4 is 5.32 Å². The zero-order valence-corrected chi connectivity index (χ0v) is 11.8. The highest BCUT2D eigenvalue weighted by molar-refractivity contribution is 7.99. The molecule has 0 aliphatic carbocycles. The molecule has 0 saturated carbocycles. The highest BCUT2D eigenvalue weighted by atomic mass is 32.2. The first kappa shape index (κ1) is 13.1. The van der Waals surface area contributed by atoms with Crippen molar-refractivity contribution < 1.29 is 0 Å². The van der Waals surface area contributed by atoms with Gasteiger partial charge in [0.05, 0.1) is 6.20 Å². The lowest BCUT2D eigenvalue weighted by Crippen LogP contribution is -2.01. The van der Waals surface area contributed by atoms with Crippen LogP contribution in [0.5, 0.6) is 0 Å². The molecular weight excluding hydrogens is 266 g/mol. The van der Waals surface area contributed by atoms with Crippen LogP contribution in [-0.2, 0) is 0 Å². The largest absolute Gasteiger partial charge is 0.370 e. The molecule has 2 rings (SSSR count). The molecule has 0 radical (unpaired) electrons. The van der Waals surface area contributed by atoms with E-state index in [1.165, 1.54) is 23.5 Å². The fourth-order valence-corrected chi connectivity index (χ4v) is 2.45. The number of anilines is 1. The normalized spacial score (nSPS) is 10.3. The van der Waals surface area contributed by atoms with Crippen LogP contribution >= 0.6 is 23.5 Å². The molecular formula is C11H13N5S2. The first-order valence-corrected chi connectivity index (χ1v) is 7.46. The molecule has 0 fully saturated rings. The number of nitrogens with one attached hydrogen (secondary N) is 1. The van der Waals surface area contributed by atoms with E-state index < -0.39 is 0 Å². The third-order valence-corrected chi connectivity index (χ3v) is 3.36. The predicted molar refractivity (Wildman–Crippen MR) is 74.1 cm³/mol. The molecule has 94 valence electrons. The Bertz CT molecular complexity index is 506. The second-order valence-corrected chi connectivity index (χ2v) is 5.07. The molecule has 0 saturated heterocycles. The van der Waals surface area contributed by atoms with Crippen LogP contribution in [0.1, 0.15) is 6.92 Å². The molecule has 0 bridgehead atoms. The van der Waals surface area contributed by atoms with Gasteiger partial charge in [0.1, 0.15) is 15.9 Å². The van der Waals surface area contributed by atoms with Gasteiger partial charge >= 0.3 is 0 Å². The molecule has 2 heterocycles. The van der Waals surface area contributed by atoms with Gasteiger partial charge in [0.25, 0.3) is 0 Å². The average molecular weight is 279 g/mol. The molecule has 18 heavy (non-hydrogen) atoms. The van der Waals surface area contributed by atoms with Crippen molar-refractivity contribution in [1.82, 2.24) is 19.9 Å². The summed E-state index contributed by atoms with van der Waals surface area (Å²) in [5, 5.41) is 5.64. The van der Waals surface area contributed by atoms with E-state index in [4.69, 9.17) is 0 Å². The van der Waals surface area contributed by atoms with E-state index in [2.05, 4.69) is 25.3 Å². The fraction of sp³-hybridized carbons (Fsp3) is 0.273. The SMILES string of the molecule is CCNc1cc(Sc2cnccn2)nc(SC)n1. The number of hydrogen-bond donors (Lipinski definition) is 1. The van der Waals surface area contributed by atoms with Gasteiger partial charge in [-0.2, -0.15) is 0 Å². The van der Waals surface area contributed by atoms with Crippen molar-refractivity contribution in [2.45, 2.75) is 22.1 Å². The minimum absolute atomic E-state index is 0.750. The Hall–Kier alpha value is -1.34. The molecule has 0 amide bonds. The summed E-state index contributed by atoms with van der Waals surface area (Å²) in [6.07, 6.45) is 7.01. The number of hydrogen-bond acceptors (Lipinski definition) is 7. The fourth-order valence-electron chi connectivity index (χ4n) is 1.26. The lowest BCUT2D eigenvalue weighted by atomic mass is 10.5. The Balaban J connectivity index is 2.24. The van der Waals surface area contributed by atoms with E-state index >= 15 is 0 Å². The molecule has 2 aromatic heterocycles. The standard InChI is InChI=1S/C11H13N5S2/c1-3-13-8-6-9(16-11(15-8)17-2)18-10-7-12-4-5-14-10/h4-7H,3H2,1-2H3,(H,13,15,16). The van der Waals surface area contributed by atoms with Gasteiger partial charge in [0.15, 0.2) is 5.16 Å². The van der Waals surface area contributed by atoms with E-state index in [0.29, 0.717) is 0 Å². The topological polar surface area (TPSA) is 63.6 Å². The van der Waals surface area contributed by atoms with E-state index in [0.717, 1.165) is 27.6 Å². The summed E-state index contributed by atoms with van der Waals surface area (Å²) in [7, 11) is 0. The maximum atomic E-state index is 4.44. The first-order valence-electron chi connectivity index (χ1n) is 5.42. The monoisotopic (exact) mass is 279 g/mol. The lowest BCUT2D eigenvalue weighted by molar-refractivity contribution is 0.889. The minimum atomic E-state index is 0.750. The van der Waals surface area contributed by atoms with Crippen molar-refractivity contribution in [2.24, 2.45) is 0 Å². The van der Waals surface area contributed by atoms with Crippen molar-refractivity contribution in [3.63, 3.8) is 0 Å². The molecule has 0 aliphatic rings. The summed E-state index contributed by atoms with van der Waals surface area (Å²) in [5.41, 5.74) is 0. The zero-order valence-electron chi connectivity index (χ0n) is 10.1. The second kappa shape index (κ2) is 6.55. The summed E-state index contributed by atoms with van der Waals surface area (Å²) in [6.45, 7) is 2.87. The van der Waals surface area contributed by atoms with Crippen molar-refractivity contribution in [3.05, 3.63) is 24.7 Å². The van der Waals surface area contributed by atoms with Crippen LogP contribution in [0.4, 0.5) is 5.82 Å². The molecule has 0 aromatic carbocycles. The lowest BCUT2D eigenvalue weighted by Gasteiger charge is -2.06. The number of thioether (sulfide) groups is 1. The quantitative estimate of drug-likeness (QED) is 0.512. The van der Waals surface area contributed by atoms with Crippen LogP contribution in [0, 0.1) is 0 Å². The van der Waals surface area contributed by atoms with Crippen LogP contribution in [0.15, 0.2) is 39.9 Å². The minimum Gasteiger partial charge on any atom is -0.370 e. The van der Waals surface area contributed by atoms with E-state index in [9.17, 15) is 0 Å². The third kappa shape index (κ3) is 3.58. The van der Waals surface area contributed by atoms with Crippen LogP contribution in [-0.4, -0.2) is 32.7 Å². The summed E-state index contributed by atoms with van der Waals surface area (Å²) in [4.78, 5) is 17.1. The van der Waals surface area contributed by atoms with E-state index in [-0.39, 0.29) is 0 Å². The first-order chi connectivity index (χ1) is 8.81. The zero-order chi connectivity index (χ0) is 12.8. The molecule has 0 atom stereocenters. The van der Waals surface area contributed by atoms with Gasteiger partial charge in [-0.3, -0.25) is 4.98 Å². The van der Waals surface area contributed by atoms with Crippen molar-refractivity contribution in [1.29, 1.82) is 0 Å². The van der Waals surface area contributed by atoms with Gasteiger partial charge in [0, 0.05) is 25.0 Å². The Kier molecular flexibility index (Phi) is 4.77. The van der Waals surface area contributed by atoms with Gasteiger partial charge in [-0.1, -0.05) is 11.8 Å². The smallest absolute Gasteiger partial charge is 0.190 e. The molecule has 5 nitrogen and oxygen atoms in total. The predicted octanol–water partition coefficient (Wildman–Crippen LogP) is 2.57. The van der Waals surface area contributed by atoms with Crippen LogP contribution in [0.2, 0.25) is 0 Å². The molecule has 0 aliphatic heterocycles. The molecule has 0 spiro atoms. The number of nitrogens with zero attached hydrogens (tertiary/aromatic N) is 4. The third-order valence-electron chi connectivity index (χ3n) is 1.97. The summed E-state index contributed by atoms with van der Waals surface area (Å²) >= 11 is 3.00. The second-order valence-electron chi connectivity index (χ2n) is 3.25. The number of rotatable bonds is 5. The van der Waals surface area contributed by atoms with Crippen molar-refractivity contribution >= 4 is 29.3 Å². The molecule has 0 unspecified atom stereocenters. The van der Waals surface area contributed by atoms with Gasteiger partial charge in [-0.05, 0) is 24.9 Å². The van der Waals surface area contributed by atoms with E-state index in [1.54, 1.807) is 18.6 Å². The van der Waals surface area contributed by atoms with Crippen LogP contribution in [0.3, 0.4) is 0 Å². The Morgan fingerprint density at radius 2 is 2.11 bits per heavy atom. The van der Waals surface area contributed by atoms with Crippen molar-refractivity contribution in [3.8, 4) is 0 Å². The van der Waals surface area contributed by atoms with Gasteiger partial charge in [-0.25, -0.2) is 15.0 Å².